The first-order valence-corrected chi connectivity index (χ1v) is 9.64. The van der Waals surface area contributed by atoms with E-state index in [2.05, 4.69) is 34.0 Å². The number of fused-ring (bicyclic) bond motifs is 1. The van der Waals surface area contributed by atoms with Gasteiger partial charge >= 0.3 is 51.4 Å². The van der Waals surface area contributed by atoms with E-state index in [0.717, 1.165) is 36.3 Å². The number of rotatable bonds is 6. The van der Waals surface area contributed by atoms with Crippen LogP contribution < -0.4 is 66.8 Å². The zero-order valence-corrected chi connectivity index (χ0v) is 21.4. The van der Waals surface area contributed by atoms with Crippen LogP contribution in [0.2, 0.25) is 0 Å². The van der Waals surface area contributed by atoms with E-state index in [1.54, 1.807) is 20.8 Å². The van der Waals surface area contributed by atoms with E-state index in [-0.39, 0.29) is 56.9 Å². The van der Waals surface area contributed by atoms with Crippen molar-refractivity contribution in [1.29, 1.82) is 0 Å². The summed E-state index contributed by atoms with van der Waals surface area (Å²) in [5, 5.41) is 17.1. The van der Waals surface area contributed by atoms with Crippen molar-refractivity contribution in [3.63, 3.8) is 0 Å². The van der Waals surface area contributed by atoms with Gasteiger partial charge in [-0.15, -0.1) is 5.60 Å². The molecule has 0 aliphatic heterocycles. The quantitative estimate of drug-likeness (QED) is 0.550. The van der Waals surface area contributed by atoms with Crippen LogP contribution in [0.4, 0.5) is 0 Å². The maximum atomic E-state index is 12.3. The van der Waals surface area contributed by atoms with E-state index in [0.29, 0.717) is 23.5 Å². The van der Waals surface area contributed by atoms with Crippen molar-refractivity contribution >= 4 is 11.0 Å². The van der Waals surface area contributed by atoms with E-state index < -0.39 is 5.60 Å². The van der Waals surface area contributed by atoms with Crippen molar-refractivity contribution < 1.29 is 61.2 Å². The molecule has 0 amide bonds. The fourth-order valence-corrected chi connectivity index (χ4v) is 2.51. The smallest absolute Gasteiger partial charge is 0.850 e. The first-order chi connectivity index (χ1) is 13.2. The van der Waals surface area contributed by atoms with E-state index in [1.807, 2.05) is 24.3 Å². The Kier molecular flexibility index (Phi) is 10.7. The SMILES string of the molecule is CC(C)(C)[O-].CCCOc1ccccc1-c1nc2c(CCC)[nH]nc2c(=O)[nH]1.[K+]. The van der Waals surface area contributed by atoms with Gasteiger partial charge in [-0.05, 0) is 25.0 Å². The van der Waals surface area contributed by atoms with Crippen molar-refractivity contribution in [3.05, 3.63) is 40.3 Å². The molecule has 2 heterocycles. The van der Waals surface area contributed by atoms with Gasteiger partial charge in [0.25, 0.3) is 5.56 Å². The average molecular weight is 425 g/mol. The number of nitrogens with zero attached hydrogens (tertiary/aromatic N) is 2. The zero-order valence-electron chi connectivity index (χ0n) is 18.3. The maximum absolute atomic E-state index is 12.3. The fourth-order valence-electron chi connectivity index (χ4n) is 2.51. The Morgan fingerprint density at radius 2 is 1.76 bits per heavy atom. The van der Waals surface area contributed by atoms with E-state index in [4.69, 9.17) is 4.74 Å². The van der Waals surface area contributed by atoms with Crippen LogP contribution in [0.1, 0.15) is 53.2 Å². The Morgan fingerprint density at radius 1 is 1.10 bits per heavy atom. The molecule has 152 valence electrons. The fraction of sp³-hybridized carbons (Fsp3) is 0.476. The monoisotopic (exact) mass is 424 g/mol. The summed E-state index contributed by atoms with van der Waals surface area (Å²) in [5.41, 5.74) is 1.67. The molecule has 29 heavy (non-hydrogen) atoms. The first kappa shape index (κ1) is 26.0. The summed E-state index contributed by atoms with van der Waals surface area (Å²) in [6.07, 6.45) is 2.68. The number of aromatic nitrogens is 4. The molecule has 0 radical (unpaired) electrons. The van der Waals surface area contributed by atoms with Crippen LogP contribution in [-0.4, -0.2) is 32.4 Å². The van der Waals surface area contributed by atoms with Crippen LogP contribution >= 0.6 is 0 Å². The van der Waals surface area contributed by atoms with Gasteiger partial charge < -0.3 is 14.8 Å². The van der Waals surface area contributed by atoms with Crippen LogP contribution in [-0.2, 0) is 6.42 Å². The summed E-state index contributed by atoms with van der Waals surface area (Å²) in [4.78, 5) is 19.7. The number of para-hydroxylation sites is 1. The molecule has 0 saturated carbocycles. The molecule has 3 aromatic rings. The Hall–Kier alpha value is -1.03. The van der Waals surface area contributed by atoms with E-state index in [1.165, 1.54) is 0 Å². The Morgan fingerprint density at radius 3 is 2.38 bits per heavy atom. The first-order valence-electron chi connectivity index (χ1n) is 9.64. The van der Waals surface area contributed by atoms with E-state index >= 15 is 0 Å². The zero-order chi connectivity index (χ0) is 20.7. The number of hydrogen-bond acceptors (Lipinski definition) is 5. The summed E-state index contributed by atoms with van der Waals surface area (Å²) in [5.74, 6) is 1.23. The largest absolute Gasteiger partial charge is 1.00 e. The molecular weight excluding hydrogens is 395 g/mol. The third-order valence-electron chi connectivity index (χ3n) is 3.59. The summed E-state index contributed by atoms with van der Waals surface area (Å²) >= 11 is 0. The van der Waals surface area contributed by atoms with Crippen LogP contribution in [0.3, 0.4) is 0 Å². The van der Waals surface area contributed by atoms with Gasteiger partial charge in [-0.2, -0.15) is 5.10 Å². The maximum Gasteiger partial charge on any atom is 1.00 e. The number of aryl methyl sites for hydroxylation is 1. The second-order valence-electron chi connectivity index (χ2n) is 7.52. The van der Waals surface area contributed by atoms with Gasteiger partial charge in [0.2, 0.25) is 0 Å². The summed E-state index contributed by atoms with van der Waals surface area (Å²) in [6, 6.07) is 7.60. The standard InChI is InChI=1S/C17H20N4O2.C4H9O.K/c1-3-7-12-14-15(21-20-12)17(22)19-16(18-14)11-8-5-6-9-13(11)23-10-4-2;1-4(2,3)5;/h5-6,8-9H,3-4,7,10H2,1-2H3,(H,20,21)(H,18,19,22);1-3H3;/q;-1;+1. The van der Waals surface area contributed by atoms with E-state index in [9.17, 15) is 9.90 Å². The molecule has 0 aliphatic carbocycles. The van der Waals surface area contributed by atoms with Gasteiger partial charge in [-0.25, -0.2) is 4.98 Å². The molecule has 0 spiro atoms. The number of nitrogens with one attached hydrogen (secondary N) is 2. The number of benzene rings is 1. The second kappa shape index (κ2) is 12.0. The molecule has 0 saturated heterocycles. The molecule has 2 N–H and O–H groups in total. The van der Waals surface area contributed by atoms with Gasteiger partial charge in [0.1, 0.15) is 17.1 Å². The predicted molar refractivity (Wildman–Crippen MR) is 109 cm³/mol. The van der Waals surface area contributed by atoms with Gasteiger partial charge in [-0.3, -0.25) is 9.89 Å². The van der Waals surface area contributed by atoms with Crippen LogP contribution in [0.15, 0.2) is 29.1 Å². The molecule has 0 fully saturated rings. The van der Waals surface area contributed by atoms with Crippen LogP contribution in [0, 0.1) is 0 Å². The average Bonchev–Trinajstić information content (AvgIpc) is 3.03. The van der Waals surface area contributed by atoms with Gasteiger partial charge in [0.05, 0.1) is 17.9 Å². The van der Waals surface area contributed by atoms with Gasteiger partial charge in [-0.1, -0.05) is 53.2 Å². The molecule has 7 nitrogen and oxygen atoms in total. The third-order valence-corrected chi connectivity index (χ3v) is 3.59. The minimum atomic E-state index is -0.750. The molecule has 3 rings (SSSR count). The van der Waals surface area contributed by atoms with Crippen molar-refractivity contribution in [2.75, 3.05) is 6.61 Å². The predicted octanol–water partition coefficient (Wildman–Crippen LogP) is 0.204. The van der Waals surface area contributed by atoms with Crippen LogP contribution in [0.5, 0.6) is 5.75 Å². The molecule has 0 bridgehead atoms. The van der Waals surface area contributed by atoms with Gasteiger partial charge in [0, 0.05) is 0 Å². The Labute approximate surface area is 214 Å². The number of ether oxygens (including phenoxy) is 1. The molecule has 0 aliphatic rings. The molecule has 2 aromatic heterocycles. The van der Waals surface area contributed by atoms with Crippen molar-refractivity contribution in [2.24, 2.45) is 0 Å². The number of hydrogen-bond donors (Lipinski definition) is 2. The van der Waals surface area contributed by atoms with Crippen molar-refractivity contribution in [3.8, 4) is 17.1 Å². The summed E-state index contributed by atoms with van der Waals surface area (Å²) < 4.78 is 5.77. The van der Waals surface area contributed by atoms with Crippen molar-refractivity contribution in [1.82, 2.24) is 20.2 Å². The minimum absolute atomic E-state index is 0. The Balaban J connectivity index is 0.000000628. The second-order valence-corrected chi connectivity index (χ2v) is 7.52. The summed E-state index contributed by atoms with van der Waals surface area (Å²) in [7, 11) is 0. The molecule has 1 aromatic carbocycles. The number of aromatic amines is 2. The molecular formula is C21H29KN4O3. The number of H-pyrrole nitrogens is 2. The molecule has 0 atom stereocenters. The normalized spacial score (nSPS) is 10.8. The third kappa shape index (κ3) is 7.96. The topological polar surface area (TPSA) is 107 Å². The molecule has 8 heteroatoms. The summed E-state index contributed by atoms with van der Waals surface area (Å²) in [6.45, 7) is 9.65. The Bertz CT molecular complexity index is 954. The van der Waals surface area contributed by atoms with Gasteiger partial charge in [0.15, 0.2) is 5.52 Å². The molecule has 0 unspecified atom stereocenters. The van der Waals surface area contributed by atoms with Crippen molar-refractivity contribution in [2.45, 2.75) is 59.5 Å². The van der Waals surface area contributed by atoms with Crippen LogP contribution in [0.25, 0.3) is 22.4 Å². The minimum Gasteiger partial charge on any atom is -0.850 e.